The van der Waals surface area contributed by atoms with E-state index < -0.39 is 5.91 Å². The Morgan fingerprint density at radius 3 is 2.59 bits per heavy atom. The maximum atomic E-state index is 12.6. The highest BCUT2D eigenvalue weighted by atomic mass is 16.5. The van der Waals surface area contributed by atoms with Crippen LogP contribution in [0.2, 0.25) is 0 Å². The monoisotopic (exact) mass is 393 g/mol. The fourth-order valence-corrected chi connectivity index (χ4v) is 4.32. The number of nitrogens with two attached hydrogens (primary N) is 2. The van der Waals surface area contributed by atoms with Crippen molar-refractivity contribution in [2.75, 3.05) is 27.3 Å². The number of rotatable bonds is 4. The van der Waals surface area contributed by atoms with Crippen LogP contribution < -0.4 is 11.5 Å². The van der Waals surface area contributed by atoms with Crippen molar-refractivity contribution in [3.05, 3.63) is 47.5 Å². The van der Waals surface area contributed by atoms with E-state index in [9.17, 15) is 4.79 Å². The van der Waals surface area contributed by atoms with Gasteiger partial charge in [-0.05, 0) is 50.7 Å². The molecule has 29 heavy (non-hydrogen) atoms. The van der Waals surface area contributed by atoms with Crippen LogP contribution in [0.25, 0.3) is 21.8 Å². The standard InChI is InChI=1S/C22H27N5O2/c1-26(2)13-15-11-14(21(28)25-22(23)24)12-19-20(15)17-5-3-4-6-18(17)27(19)16-7-9-29-10-8-16/h3-6,11-12,16H,7-10,13H2,1-2H3,(H4,23,24,25,28). The van der Waals surface area contributed by atoms with Gasteiger partial charge in [0.2, 0.25) is 0 Å². The number of nitrogens with zero attached hydrogens (tertiary/aromatic N) is 3. The maximum Gasteiger partial charge on any atom is 0.280 e. The average molecular weight is 393 g/mol. The number of fused-ring (bicyclic) bond motifs is 3. The maximum absolute atomic E-state index is 12.6. The summed E-state index contributed by atoms with van der Waals surface area (Å²) in [4.78, 5) is 18.5. The number of ether oxygens (including phenoxy) is 1. The first-order valence-electron chi connectivity index (χ1n) is 9.87. The van der Waals surface area contributed by atoms with E-state index in [0.717, 1.165) is 37.1 Å². The molecule has 0 bridgehead atoms. The summed E-state index contributed by atoms with van der Waals surface area (Å²) in [6.45, 7) is 2.20. The lowest BCUT2D eigenvalue weighted by Crippen LogP contribution is -2.24. The van der Waals surface area contributed by atoms with E-state index in [1.54, 1.807) is 0 Å². The highest BCUT2D eigenvalue weighted by molar-refractivity contribution is 6.13. The largest absolute Gasteiger partial charge is 0.381 e. The first kappa shape index (κ1) is 19.4. The van der Waals surface area contributed by atoms with Crippen LogP contribution in [0.3, 0.4) is 0 Å². The van der Waals surface area contributed by atoms with Gasteiger partial charge >= 0.3 is 0 Å². The molecule has 1 aliphatic rings. The first-order chi connectivity index (χ1) is 14.0. The van der Waals surface area contributed by atoms with Crippen molar-refractivity contribution in [3.63, 3.8) is 0 Å². The van der Waals surface area contributed by atoms with Crippen molar-refractivity contribution < 1.29 is 9.53 Å². The van der Waals surface area contributed by atoms with E-state index in [4.69, 9.17) is 16.2 Å². The second-order valence-corrected chi connectivity index (χ2v) is 7.84. The third-order valence-electron chi connectivity index (χ3n) is 5.41. The summed E-state index contributed by atoms with van der Waals surface area (Å²) in [6, 6.07) is 12.6. The zero-order chi connectivity index (χ0) is 20.5. The van der Waals surface area contributed by atoms with Crippen molar-refractivity contribution in [1.82, 2.24) is 9.47 Å². The van der Waals surface area contributed by atoms with Crippen molar-refractivity contribution in [1.29, 1.82) is 0 Å². The second-order valence-electron chi connectivity index (χ2n) is 7.84. The van der Waals surface area contributed by atoms with Crippen LogP contribution in [-0.4, -0.2) is 48.6 Å². The molecule has 2 aromatic carbocycles. The molecule has 0 aliphatic carbocycles. The van der Waals surface area contributed by atoms with E-state index in [2.05, 4.69) is 38.7 Å². The Bertz CT molecular complexity index is 1090. The van der Waals surface area contributed by atoms with Crippen LogP contribution >= 0.6 is 0 Å². The van der Waals surface area contributed by atoms with E-state index in [1.165, 1.54) is 16.3 Å². The SMILES string of the molecule is CN(C)Cc1cc(C(=O)N=C(N)N)cc2c1c1ccccc1n2C1CCOCC1. The minimum Gasteiger partial charge on any atom is -0.381 e. The molecule has 7 heteroatoms. The quantitative estimate of drug-likeness (QED) is 0.524. The van der Waals surface area contributed by atoms with Crippen LogP contribution in [0.1, 0.15) is 34.8 Å². The van der Waals surface area contributed by atoms with Gasteiger partial charge in [0, 0.05) is 47.7 Å². The summed E-state index contributed by atoms with van der Waals surface area (Å²) in [5, 5.41) is 2.38. The van der Waals surface area contributed by atoms with Crippen LogP contribution in [0, 0.1) is 0 Å². The molecule has 4 N–H and O–H groups in total. The van der Waals surface area contributed by atoms with Crippen molar-refractivity contribution in [2.45, 2.75) is 25.4 Å². The first-order valence-corrected chi connectivity index (χ1v) is 9.87. The highest BCUT2D eigenvalue weighted by Gasteiger charge is 2.23. The minimum absolute atomic E-state index is 0.228. The third kappa shape index (κ3) is 3.71. The topological polar surface area (TPSA) is 98.9 Å². The van der Waals surface area contributed by atoms with Gasteiger partial charge in [0.1, 0.15) is 0 Å². The number of carbonyl (C=O) groups excluding carboxylic acids is 1. The van der Waals surface area contributed by atoms with E-state index >= 15 is 0 Å². The number of carbonyl (C=O) groups is 1. The molecule has 0 atom stereocenters. The molecule has 1 aromatic heterocycles. The summed E-state index contributed by atoms with van der Waals surface area (Å²) in [5.41, 5.74) is 14.7. The summed E-state index contributed by atoms with van der Waals surface area (Å²) in [6.07, 6.45) is 1.89. The highest BCUT2D eigenvalue weighted by Crippen LogP contribution is 2.38. The Balaban J connectivity index is 2.03. The Labute approximate surface area is 169 Å². The minimum atomic E-state index is -0.421. The molecular weight excluding hydrogens is 366 g/mol. The number of hydrogen-bond donors (Lipinski definition) is 2. The Morgan fingerprint density at radius 1 is 1.17 bits per heavy atom. The summed E-state index contributed by atoms with van der Waals surface area (Å²) < 4.78 is 7.96. The van der Waals surface area contributed by atoms with Gasteiger partial charge in [0.15, 0.2) is 5.96 Å². The molecular formula is C22H27N5O2. The lowest BCUT2D eigenvalue weighted by Gasteiger charge is -2.25. The predicted octanol–water partition coefficient (Wildman–Crippen LogP) is 2.62. The molecule has 1 saturated heterocycles. The van der Waals surface area contributed by atoms with Gasteiger partial charge in [-0.1, -0.05) is 18.2 Å². The molecule has 2 heterocycles. The Hall–Kier alpha value is -2.90. The molecule has 0 saturated carbocycles. The van der Waals surface area contributed by atoms with Gasteiger partial charge in [-0.2, -0.15) is 4.99 Å². The lowest BCUT2D eigenvalue weighted by molar-refractivity contribution is 0.0717. The summed E-state index contributed by atoms with van der Waals surface area (Å²) in [7, 11) is 4.04. The number of para-hydroxylation sites is 1. The summed E-state index contributed by atoms with van der Waals surface area (Å²) >= 11 is 0. The van der Waals surface area contributed by atoms with Gasteiger partial charge in [-0.3, -0.25) is 4.79 Å². The zero-order valence-electron chi connectivity index (χ0n) is 16.9. The fraction of sp³-hybridized carbons (Fsp3) is 0.364. The number of aromatic nitrogens is 1. The molecule has 0 unspecified atom stereocenters. The molecule has 4 rings (SSSR count). The zero-order valence-corrected chi connectivity index (χ0v) is 16.9. The van der Waals surface area contributed by atoms with Crippen LogP contribution in [0.15, 0.2) is 41.4 Å². The van der Waals surface area contributed by atoms with Gasteiger partial charge in [0.25, 0.3) is 5.91 Å². The van der Waals surface area contributed by atoms with Gasteiger partial charge in [-0.25, -0.2) is 0 Å². The second kappa shape index (κ2) is 7.85. The van der Waals surface area contributed by atoms with Crippen molar-refractivity contribution in [3.8, 4) is 0 Å². The molecule has 1 aliphatic heterocycles. The normalized spacial score (nSPS) is 15.3. The Morgan fingerprint density at radius 2 is 1.90 bits per heavy atom. The molecule has 3 aromatic rings. The predicted molar refractivity (Wildman–Crippen MR) is 116 cm³/mol. The van der Waals surface area contributed by atoms with Crippen LogP contribution in [-0.2, 0) is 11.3 Å². The van der Waals surface area contributed by atoms with Crippen molar-refractivity contribution >= 4 is 33.7 Å². The number of benzene rings is 2. The van der Waals surface area contributed by atoms with Gasteiger partial charge < -0.3 is 25.7 Å². The summed E-state index contributed by atoms with van der Waals surface area (Å²) in [5.74, 6) is -0.648. The average Bonchev–Trinajstić information content (AvgIpc) is 3.02. The molecule has 1 fully saturated rings. The van der Waals surface area contributed by atoms with Crippen molar-refractivity contribution in [2.24, 2.45) is 16.5 Å². The van der Waals surface area contributed by atoms with E-state index in [0.29, 0.717) is 18.2 Å². The molecule has 0 spiro atoms. The number of aliphatic imine (C=N–C) groups is 1. The molecule has 7 nitrogen and oxygen atoms in total. The molecule has 0 radical (unpaired) electrons. The number of hydrogen-bond acceptors (Lipinski definition) is 3. The van der Waals surface area contributed by atoms with E-state index in [1.807, 2.05) is 26.2 Å². The van der Waals surface area contributed by atoms with Crippen LogP contribution in [0.4, 0.5) is 0 Å². The van der Waals surface area contributed by atoms with Gasteiger partial charge in [0.05, 0.1) is 5.52 Å². The smallest absolute Gasteiger partial charge is 0.280 e. The number of guanidine groups is 1. The van der Waals surface area contributed by atoms with Crippen LogP contribution in [0.5, 0.6) is 0 Å². The van der Waals surface area contributed by atoms with Gasteiger partial charge in [-0.15, -0.1) is 0 Å². The fourth-order valence-electron chi connectivity index (χ4n) is 4.32. The third-order valence-corrected chi connectivity index (χ3v) is 5.41. The Kier molecular flexibility index (Phi) is 5.25. The molecule has 1 amide bonds. The molecule has 152 valence electrons. The number of amides is 1. The lowest BCUT2D eigenvalue weighted by atomic mass is 10.0. The van der Waals surface area contributed by atoms with E-state index in [-0.39, 0.29) is 5.96 Å².